The van der Waals surface area contributed by atoms with Crippen molar-refractivity contribution in [3.8, 4) is 0 Å². The SMILES string of the molecule is CCCC(=NOCC=CCl)C1C(=O)CC(CCC[S+]([O-])CC)(C(C)C)CC1=O. The Bertz CT molecular complexity index is 559. The van der Waals surface area contributed by atoms with Gasteiger partial charge >= 0.3 is 0 Å². The molecule has 0 aromatic carbocycles. The van der Waals surface area contributed by atoms with Crippen LogP contribution in [0.3, 0.4) is 0 Å². The monoisotopic (exact) mass is 431 g/mol. The minimum absolute atomic E-state index is 0.0646. The molecule has 1 fully saturated rings. The van der Waals surface area contributed by atoms with Gasteiger partial charge in [0.2, 0.25) is 0 Å². The summed E-state index contributed by atoms with van der Waals surface area (Å²) in [5.41, 5.74) is 1.52. The van der Waals surface area contributed by atoms with Gasteiger partial charge in [0.05, 0.1) is 5.71 Å². The lowest BCUT2D eigenvalue weighted by atomic mass is 9.60. The van der Waals surface area contributed by atoms with Crippen LogP contribution in [-0.4, -0.2) is 39.9 Å². The molecule has 160 valence electrons. The van der Waals surface area contributed by atoms with Gasteiger partial charge in [-0.15, -0.1) is 0 Å². The number of carbonyl (C=O) groups excluding carboxylic acids is 2. The van der Waals surface area contributed by atoms with Gasteiger partial charge in [0, 0.05) is 18.4 Å². The molecule has 28 heavy (non-hydrogen) atoms. The Balaban J connectivity index is 2.93. The third-order valence-electron chi connectivity index (χ3n) is 5.57. The van der Waals surface area contributed by atoms with E-state index in [0.29, 0.717) is 36.5 Å². The lowest BCUT2D eigenvalue weighted by Crippen LogP contribution is -2.46. The summed E-state index contributed by atoms with van der Waals surface area (Å²) in [4.78, 5) is 31.3. The lowest BCUT2D eigenvalue weighted by Gasteiger charge is -2.42. The molecule has 0 amide bonds. The van der Waals surface area contributed by atoms with Crippen LogP contribution in [0.4, 0.5) is 0 Å². The van der Waals surface area contributed by atoms with E-state index < -0.39 is 17.1 Å². The fourth-order valence-electron chi connectivity index (χ4n) is 3.81. The summed E-state index contributed by atoms with van der Waals surface area (Å²) >= 11 is 4.64. The predicted octanol–water partition coefficient (Wildman–Crippen LogP) is 4.65. The fourth-order valence-corrected chi connectivity index (χ4v) is 4.64. The second-order valence-corrected chi connectivity index (χ2v) is 9.88. The highest BCUT2D eigenvalue weighted by Gasteiger charge is 2.48. The molecule has 5 nitrogen and oxygen atoms in total. The van der Waals surface area contributed by atoms with E-state index in [-0.39, 0.29) is 29.5 Å². The van der Waals surface area contributed by atoms with Crippen LogP contribution < -0.4 is 0 Å². The maximum atomic E-state index is 13.0. The molecule has 0 radical (unpaired) electrons. The van der Waals surface area contributed by atoms with Crippen molar-refractivity contribution < 1.29 is 19.0 Å². The number of Topliss-reactive ketones (excluding diaryl/α,β-unsaturated/α-hetero) is 2. The summed E-state index contributed by atoms with van der Waals surface area (Å²) in [6, 6.07) is 0. The second kappa shape index (κ2) is 12.7. The van der Waals surface area contributed by atoms with Crippen LogP contribution in [0.15, 0.2) is 16.8 Å². The van der Waals surface area contributed by atoms with E-state index in [2.05, 4.69) is 19.0 Å². The molecule has 0 aromatic rings. The Morgan fingerprint density at radius 3 is 2.50 bits per heavy atom. The molecule has 0 bridgehead atoms. The standard InChI is InChI=1S/C21H34ClNO4S/c1-5-9-17(23-27-12-8-11-22)20-18(24)14-21(16(3)4,15-19(20)25)10-7-13-28(26)6-2/h8,11,16,20H,5-7,9-10,12-15H2,1-4H3. The van der Waals surface area contributed by atoms with Crippen LogP contribution in [0.5, 0.6) is 0 Å². The zero-order chi connectivity index (χ0) is 21.2. The summed E-state index contributed by atoms with van der Waals surface area (Å²) in [6.07, 6.45) is 5.18. The molecule has 1 atom stereocenters. The first-order chi connectivity index (χ1) is 13.3. The van der Waals surface area contributed by atoms with Crippen molar-refractivity contribution in [2.75, 3.05) is 18.1 Å². The average Bonchev–Trinajstić information content (AvgIpc) is 2.64. The number of rotatable bonds is 12. The van der Waals surface area contributed by atoms with Gasteiger partial charge in [0.25, 0.3) is 0 Å². The zero-order valence-corrected chi connectivity index (χ0v) is 19.1. The second-order valence-electron chi connectivity index (χ2n) is 7.76. The van der Waals surface area contributed by atoms with E-state index in [9.17, 15) is 14.1 Å². The molecule has 0 aliphatic heterocycles. The molecule has 0 N–H and O–H groups in total. The first-order valence-electron chi connectivity index (χ1n) is 10.2. The molecule has 1 unspecified atom stereocenters. The Hall–Kier alpha value is -0.850. The van der Waals surface area contributed by atoms with Crippen molar-refractivity contribution in [3.63, 3.8) is 0 Å². The van der Waals surface area contributed by atoms with Crippen molar-refractivity contribution in [3.05, 3.63) is 11.6 Å². The number of carbonyl (C=O) groups is 2. The van der Waals surface area contributed by atoms with Crippen molar-refractivity contribution >= 4 is 40.1 Å². The van der Waals surface area contributed by atoms with Crippen molar-refractivity contribution in [2.45, 2.75) is 66.2 Å². The van der Waals surface area contributed by atoms with Crippen molar-refractivity contribution in [1.82, 2.24) is 0 Å². The summed E-state index contributed by atoms with van der Waals surface area (Å²) in [6.45, 7) is 8.24. The van der Waals surface area contributed by atoms with E-state index in [1.54, 1.807) is 6.08 Å². The number of oxime groups is 1. The maximum Gasteiger partial charge on any atom is 0.149 e. The van der Waals surface area contributed by atoms with Crippen LogP contribution >= 0.6 is 11.6 Å². The third-order valence-corrected chi connectivity index (χ3v) is 7.14. The van der Waals surface area contributed by atoms with E-state index in [4.69, 9.17) is 16.4 Å². The highest BCUT2D eigenvalue weighted by molar-refractivity contribution is 7.91. The largest absolute Gasteiger partial charge is 0.616 e. The average molecular weight is 432 g/mol. The summed E-state index contributed by atoms with van der Waals surface area (Å²) in [5.74, 6) is 0.547. The topological polar surface area (TPSA) is 78.8 Å². The molecule has 1 aliphatic rings. The Kier molecular flexibility index (Phi) is 11.4. The van der Waals surface area contributed by atoms with Crippen LogP contribution in [0.1, 0.15) is 66.2 Å². The number of ketones is 2. The zero-order valence-electron chi connectivity index (χ0n) is 17.5. The smallest absolute Gasteiger partial charge is 0.149 e. The molecule has 1 aliphatic carbocycles. The van der Waals surface area contributed by atoms with Crippen molar-refractivity contribution in [1.29, 1.82) is 0 Å². The van der Waals surface area contributed by atoms with Crippen LogP contribution in [0, 0.1) is 17.3 Å². The summed E-state index contributed by atoms with van der Waals surface area (Å²) in [5, 5.41) is 4.09. The molecular weight excluding hydrogens is 398 g/mol. The Morgan fingerprint density at radius 1 is 1.36 bits per heavy atom. The van der Waals surface area contributed by atoms with Crippen LogP contribution in [-0.2, 0) is 25.6 Å². The third kappa shape index (κ3) is 7.20. The normalized spacial score (nSPS) is 25.0. The first kappa shape index (κ1) is 25.2. The highest BCUT2D eigenvalue weighted by Crippen LogP contribution is 2.45. The van der Waals surface area contributed by atoms with Gasteiger partial charge in [-0.25, -0.2) is 0 Å². The first-order valence-corrected chi connectivity index (χ1v) is 12.1. The summed E-state index contributed by atoms with van der Waals surface area (Å²) in [7, 11) is 0. The highest BCUT2D eigenvalue weighted by atomic mass is 35.5. The van der Waals surface area contributed by atoms with Crippen LogP contribution in [0.2, 0.25) is 0 Å². The molecule has 7 heteroatoms. The molecule has 1 rings (SSSR count). The maximum absolute atomic E-state index is 13.0. The Morgan fingerprint density at radius 2 is 2.00 bits per heavy atom. The van der Waals surface area contributed by atoms with Gasteiger partial charge < -0.3 is 9.39 Å². The van der Waals surface area contributed by atoms with Gasteiger partial charge in [-0.3, -0.25) is 9.59 Å². The van der Waals surface area contributed by atoms with E-state index >= 15 is 0 Å². The van der Waals surface area contributed by atoms with Gasteiger partial charge in [0.15, 0.2) is 0 Å². The number of halogens is 1. The van der Waals surface area contributed by atoms with E-state index in [1.165, 1.54) is 5.54 Å². The fraction of sp³-hybridized carbons (Fsp3) is 0.762. The molecule has 0 aromatic heterocycles. The molecule has 0 saturated heterocycles. The number of hydrogen-bond acceptors (Lipinski definition) is 5. The lowest BCUT2D eigenvalue weighted by molar-refractivity contribution is -0.139. The quantitative estimate of drug-likeness (QED) is 0.148. The summed E-state index contributed by atoms with van der Waals surface area (Å²) < 4.78 is 11.8. The van der Waals surface area contributed by atoms with Gasteiger partial charge in [-0.1, -0.05) is 55.1 Å². The number of nitrogens with zero attached hydrogens (tertiary/aromatic N) is 1. The minimum Gasteiger partial charge on any atom is -0.616 e. The minimum atomic E-state index is -0.823. The molecule has 0 heterocycles. The molecule has 1 saturated carbocycles. The van der Waals surface area contributed by atoms with Gasteiger partial charge in [0.1, 0.15) is 35.6 Å². The molecule has 0 spiro atoms. The van der Waals surface area contributed by atoms with Gasteiger partial charge in [-0.05, 0) is 43.6 Å². The predicted molar refractivity (Wildman–Crippen MR) is 116 cm³/mol. The number of hydrogen-bond donors (Lipinski definition) is 0. The Labute approximate surface area is 177 Å². The van der Waals surface area contributed by atoms with E-state index in [0.717, 1.165) is 19.3 Å². The molecular formula is C21H34ClNO4S. The van der Waals surface area contributed by atoms with Crippen molar-refractivity contribution in [2.24, 2.45) is 22.4 Å². The van der Waals surface area contributed by atoms with Crippen LogP contribution in [0.25, 0.3) is 0 Å². The van der Waals surface area contributed by atoms with Gasteiger partial charge in [-0.2, -0.15) is 0 Å². The van der Waals surface area contributed by atoms with E-state index in [1.807, 2.05) is 13.8 Å².